The molecule has 1 amide bonds. The topological polar surface area (TPSA) is 66.5 Å². The molecule has 138 valence electrons. The molecule has 3 rings (SSSR count). The van der Waals surface area contributed by atoms with Crippen LogP contribution in [-0.4, -0.2) is 26.9 Å². The Balaban J connectivity index is 1.83. The van der Waals surface area contributed by atoms with Crippen LogP contribution in [0, 0.1) is 25.5 Å². The summed E-state index contributed by atoms with van der Waals surface area (Å²) in [6.07, 6.45) is 0.238. The van der Waals surface area contributed by atoms with Gasteiger partial charge in [0, 0.05) is 12.2 Å². The molecular weight excluding hydrogens is 362 g/mol. The van der Waals surface area contributed by atoms with E-state index in [2.05, 4.69) is 4.72 Å². The molecule has 1 atom stereocenters. The first kappa shape index (κ1) is 18.5. The lowest BCUT2D eigenvalue weighted by molar-refractivity contribution is -0.118. The summed E-state index contributed by atoms with van der Waals surface area (Å²) in [6, 6.07) is 6.79. The Morgan fingerprint density at radius 1 is 1.08 bits per heavy atom. The van der Waals surface area contributed by atoms with E-state index in [1.54, 1.807) is 0 Å². The number of rotatable bonds is 4. The third-order valence-corrected chi connectivity index (χ3v) is 5.69. The van der Waals surface area contributed by atoms with Crippen molar-refractivity contribution >= 4 is 21.6 Å². The predicted octanol–water partition coefficient (Wildman–Crippen LogP) is 2.67. The summed E-state index contributed by atoms with van der Waals surface area (Å²) in [6.45, 7) is 4.15. The van der Waals surface area contributed by atoms with Crippen molar-refractivity contribution < 1.29 is 22.0 Å². The Morgan fingerprint density at radius 3 is 2.38 bits per heavy atom. The lowest BCUT2D eigenvalue weighted by Gasteiger charge is -2.18. The number of carbonyl (C=O) groups is 1. The second kappa shape index (κ2) is 6.77. The van der Waals surface area contributed by atoms with Crippen molar-refractivity contribution in [2.45, 2.75) is 31.2 Å². The van der Waals surface area contributed by atoms with Crippen molar-refractivity contribution in [3.05, 3.63) is 59.2 Å². The van der Waals surface area contributed by atoms with Gasteiger partial charge in [-0.15, -0.1) is 0 Å². The minimum absolute atomic E-state index is 0.238. The van der Waals surface area contributed by atoms with Crippen molar-refractivity contribution in [3.8, 4) is 0 Å². The number of nitrogens with zero attached hydrogens (tertiary/aromatic N) is 1. The third-order valence-electron chi connectivity index (χ3n) is 4.20. The van der Waals surface area contributed by atoms with Crippen molar-refractivity contribution in [1.29, 1.82) is 0 Å². The lowest BCUT2D eigenvalue weighted by atomic mass is 10.1. The summed E-state index contributed by atoms with van der Waals surface area (Å²) < 4.78 is 54.0. The fourth-order valence-corrected chi connectivity index (χ4v) is 4.40. The maximum Gasteiger partial charge on any atom is 0.245 e. The zero-order valence-corrected chi connectivity index (χ0v) is 15.1. The summed E-state index contributed by atoms with van der Waals surface area (Å²) in [4.78, 5) is 13.3. The molecule has 1 fully saturated rings. The van der Waals surface area contributed by atoms with Gasteiger partial charge in [-0.05, 0) is 61.7 Å². The molecule has 5 nitrogen and oxygen atoms in total. The molecule has 0 aliphatic carbocycles. The standard InChI is InChI=1S/C18H18F2N2O3S/c1-11-7-12(2)9-14(8-11)22-6-5-16(18(22)23)21-26(24,25)17-10-13(19)3-4-15(17)20/h3-4,7-10,16,21H,5-6H2,1-2H3/t16-/m0/s1. The molecule has 1 aliphatic heterocycles. The quantitative estimate of drug-likeness (QED) is 0.887. The van der Waals surface area contributed by atoms with Gasteiger partial charge in [0.2, 0.25) is 15.9 Å². The van der Waals surface area contributed by atoms with Gasteiger partial charge in [0.25, 0.3) is 0 Å². The summed E-state index contributed by atoms with van der Waals surface area (Å²) in [5.74, 6) is -2.37. The highest BCUT2D eigenvalue weighted by Gasteiger charge is 2.36. The Kier molecular flexibility index (Phi) is 4.81. The Hall–Kier alpha value is -2.32. The van der Waals surface area contributed by atoms with E-state index in [1.807, 2.05) is 32.0 Å². The van der Waals surface area contributed by atoms with Gasteiger partial charge >= 0.3 is 0 Å². The molecule has 2 aromatic carbocycles. The van der Waals surface area contributed by atoms with Crippen molar-refractivity contribution in [3.63, 3.8) is 0 Å². The zero-order valence-electron chi connectivity index (χ0n) is 14.3. The Labute approximate surface area is 150 Å². The molecule has 0 radical (unpaired) electrons. The van der Waals surface area contributed by atoms with E-state index in [0.717, 1.165) is 23.3 Å². The molecule has 1 saturated heterocycles. The molecule has 0 unspecified atom stereocenters. The number of halogens is 2. The molecular formula is C18H18F2N2O3S. The second-order valence-corrected chi connectivity index (χ2v) is 8.06. The van der Waals surface area contributed by atoms with Crippen molar-refractivity contribution in [2.24, 2.45) is 0 Å². The smallest absolute Gasteiger partial charge is 0.245 e. The van der Waals surface area contributed by atoms with Gasteiger partial charge in [-0.25, -0.2) is 17.2 Å². The van der Waals surface area contributed by atoms with E-state index in [1.165, 1.54) is 4.90 Å². The van der Waals surface area contributed by atoms with Crippen LogP contribution in [0.1, 0.15) is 17.5 Å². The molecule has 2 aromatic rings. The van der Waals surface area contributed by atoms with Gasteiger partial charge in [0.05, 0.1) is 0 Å². The molecule has 26 heavy (non-hydrogen) atoms. The maximum absolute atomic E-state index is 13.8. The van der Waals surface area contributed by atoms with E-state index in [4.69, 9.17) is 0 Å². The summed E-state index contributed by atoms with van der Waals surface area (Å²) in [5.41, 5.74) is 2.66. The van der Waals surface area contributed by atoms with Crippen molar-refractivity contribution in [2.75, 3.05) is 11.4 Å². The lowest BCUT2D eigenvalue weighted by Crippen LogP contribution is -2.41. The van der Waals surface area contributed by atoms with Gasteiger partial charge in [-0.1, -0.05) is 6.07 Å². The van der Waals surface area contributed by atoms with E-state index >= 15 is 0 Å². The van der Waals surface area contributed by atoms with Crippen LogP contribution in [0.4, 0.5) is 14.5 Å². The van der Waals surface area contributed by atoms with Gasteiger partial charge in [-0.2, -0.15) is 4.72 Å². The Bertz CT molecular complexity index is 956. The highest BCUT2D eigenvalue weighted by Crippen LogP contribution is 2.25. The normalized spacial score (nSPS) is 17.8. The first-order valence-electron chi connectivity index (χ1n) is 8.04. The molecule has 0 bridgehead atoms. The van der Waals surface area contributed by atoms with Crippen LogP contribution >= 0.6 is 0 Å². The molecule has 0 aromatic heterocycles. The number of aryl methyl sites for hydroxylation is 2. The monoisotopic (exact) mass is 380 g/mol. The number of carbonyl (C=O) groups excluding carboxylic acids is 1. The minimum Gasteiger partial charge on any atom is -0.311 e. The number of hydrogen-bond donors (Lipinski definition) is 1. The number of amides is 1. The summed E-state index contributed by atoms with van der Waals surface area (Å²) in [5, 5.41) is 0. The fraction of sp³-hybridized carbons (Fsp3) is 0.278. The number of anilines is 1. The second-order valence-electron chi connectivity index (χ2n) is 6.37. The number of benzene rings is 2. The van der Waals surface area contributed by atoms with Crippen LogP contribution in [0.25, 0.3) is 0 Å². The largest absolute Gasteiger partial charge is 0.311 e. The van der Waals surface area contributed by atoms with Gasteiger partial charge < -0.3 is 4.90 Å². The maximum atomic E-state index is 13.8. The van der Waals surface area contributed by atoms with Crippen LogP contribution in [0.3, 0.4) is 0 Å². The van der Waals surface area contributed by atoms with E-state index in [0.29, 0.717) is 18.3 Å². The minimum atomic E-state index is -4.36. The van der Waals surface area contributed by atoms with E-state index in [-0.39, 0.29) is 6.42 Å². The highest BCUT2D eigenvalue weighted by atomic mass is 32.2. The third kappa shape index (κ3) is 3.61. The van der Waals surface area contributed by atoms with Gasteiger partial charge in [-0.3, -0.25) is 4.79 Å². The first-order valence-corrected chi connectivity index (χ1v) is 9.53. The van der Waals surface area contributed by atoms with Crippen LogP contribution in [0.15, 0.2) is 41.3 Å². The average molecular weight is 380 g/mol. The number of hydrogen-bond acceptors (Lipinski definition) is 3. The SMILES string of the molecule is Cc1cc(C)cc(N2CC[C@H](NS(=O)(=O)c3cc(F)ccc3F)C2=O)c1. The molecule has 0 saturated carbocycles. The van der Waals surface area contributed by atoms with Crippen LogP contribution in [-0.2, 0) is 14.8 Å². The van der Waals surface area contributed by atoms with E-state index < -0.39 is 38.5 Å². The van der Waals surface area contributed by atoms with Gasteiger partial charge in [0.15, 0.2) is 0 Å². The van der Waals surface area contributed by atoms with Crippen LogP contribution in [0.5, 0.6) is 0 Å². The number of nitrogens with one attached hydrogen (secondary N) is 1. The number of sulfonamides is 1. The van der Waals surface area contributed by atoms with Gasteiger partial charge in [0.1, 0.15) is 22.6 Å². The fourth-order valence-electron chi connectivity index (χ4n) is 3.09. The summed E-state index contributed by atoms with van der Waals surface area (Å²) in [7, 11) is -4.36. The first-order chi connectivity index (χ1) is 12.2. The molecule has 1 heterocycles. The Morgan fingerprint density at radius 2 is 1.73 bits per heavy atom. The van der Waals surface area contributed by atoms with E-state index in [9.17, 15) is 22.0 Å². The average Bonchev–Trinajstić information content (AvgIpc) is 2.89. The highest BCUT2D eigenvalue weighted by molar-refractivity contribution is 7.89. The predicted molar refractivity (Wildman–Crippen MR) is 93.4 cm³/mol. The molecule has 1 aliphatic rings. The molecule has 0 spiro atoms. The summed E-state index contributed by atoms with van der Waals surface area (Å²) >= 11 is 0. The van der Waals surface area contributed by atoms with Crippen LogP contribution in [0.2, 0.25) is 0 Å². The zero-order chi connectivity index (χ0) is 19.1. The molecule has 1 N–H and O–H groups in total. The van der Waals surface area contributed by atoms with Crippen LogP contribution < -0.4 is 9.62 Å². The van der Waals surface area contributed by atoms with Crippen molar-refractivity contribution in [1.82, 2.24) is 4.72 Å². The molecule has 8 heteroatoms.